The van der Waals surface area contributed by atoms with Gasteiger partial charge in [-0.05, 0) is 46.0 Å². The maximum atomic E-state index is 8.87. The molecule has 0 atom stereocenters. The minimum absolute atomic E-state index is 0.161. The van der Waals surface area contributed by atoms with E-state index < -0.39 is 0 Å². The van der Waals surface area contributed by atoms with E-state index in [-0.39, 0.29) is 11.0 Å². The maximum absolute atomic E-state index is 8.87. The number of unbranched alkanes of at least 4 members (excludes halogenated alkanes) is 1. The highest BCUT2D eigenvalue weighted by atomic mass is 16.5. The summed E-state index contributed by atoms with van der Waals surface area (Å²) in [6.07, 6.45) is 4.88. The van der Waals surface area contributed by atoms with Gasteiger partial charge in [-0.2, -0.15) is 5.26 Å². The van der Waals surface area contributed by atoms with Crippen LogP contribution in [0.15, 0.2) is 0 Å². The van der Waals surface area contributed by atoms with E-state index in [9.17, 15) is 0 Å². The van der Waals surface area contributed by atoms with Crippen LogP contribution in [0.4, 0.5) is 0 Å². The first-order valence-corrected chi connectivity index (χ1v) is 6.67. The molecule has 0 aliphatic heterocycles. The van der Waals surface area contributed by atoms with Crippen molar-refractivity contribution in [3.05, 3.63) is 0 Å². The molecular weight excluding hydrogens is 212 g/mol. The predicted molar refractivity (Wildman–Crippen MR) is 71.6 cm³/mol. The summed E-state index contributed by atoms with van der Waals surface area (Å²) in [5, 5.41) is 8.87. The summed E-state index contributed by atoms with van der Waals surface area (Å²) in [5.74, 6) is 0. The van der Waals surface area contributed by atoms with Crippen molar-refractivity contribution >= 4 is 0 Å². The van der Waals surface area contributed by atoms with Gasteiger partial charge < -0.3 is 10.5 Å². The van der Waals surface area contributed by atoms with Gasteiger partial charge >= 0.3 is 0 Å². The molecule has 3 heteroatoms. The van der Waals surface area contributed by atoms with E-state index in [1.807, 2.05) is 13.8 Å². The highest BCUT2D eigenvalue weighted by Gasteiger charge is 2.20. The van der Waals surface area contributed by atoms with Crippen LogP contribution in [0.3, 0.4) is 0 Å². The molecule has 0 aromatic carbocycles. The molecule has 17 heavy (non-hydrogen) atoms. The Morgan fingerprint density at radius 2 is 1.76 bits per heavy atom. The molecule has 0 aromatic heterocycles. The summed E-state index contributed by atoms with van der Waals surface area (Å²) in [5.41, 5.74) is 5.77. The fourth-order valence-corrected chi connectivity index (χ4v) is 1.56. The summed E-state index contributed by atoms with van der Waals surface area (Å²) >= 11 is 0. The van der Waals surface area contributed by atoms with Crippen molar-refractivity contribution in [2.45, 2.75) is 65.3 Å². The first-order valence-electron chi connectivity index (χ1n) is 6.67. The summed E-state index contributed by atoms with van der Waals surface area (Å²) in [7, 11) is 0. The maximum Gasteiger partial charge on any atom is 0.0683 e. The van der Waals surface area contributed by atoms with Crippen LogP contribution in [0.1, 0.15) is 59.8 Å². The molecule has 0 bridgehead atoms. The number of nitrogens with zero attached hydrogens (tertiary/aromatic N) is 1. The van der Waals surface area contributed by atoms with Gasteiger partial charge in [-0.25, -0.2) is 0 Å². The van der Waals surface area contributed by atoms with Gasteiger partial charge in [0.2, 0.25) is 0 Å². The summed E-state index contributed by atoms with van der Waals surface area (Å²) in [4.78, 5) is 0. The lowest BCUT2D eigenvalue weighted by atomic mass is 9.89. The Kier molecular flexibility index (Phi) is 7.41. The van der Waals surface area contributed by atoms with Crippen LogP contribution in [0.2, 0.25) is 0 Å². The second kappa shape index (κ2) is 7.68. The van der Waals surface area contributed by atoms with Crippen LogP contribution in [-0.2, 0) is 4.74 Å². The van der Waals surface area contributed by atoms with Crippen molar-refractivity contribution in [2.75, 3.05) is 13.2 Å². The number of nitrogens with two attached hydrogens (primary N) is 1. The quantitative estimate of drug-likeness (QED) is 0.629. The zero-order valence-electron chi connectivity index (χ0n) is 11.9. The normalized spacial score (nSPS) is 12.5. The van der Waals surface area contributed by atoms with E-state index in [0.29, 0.717) is 6.61 Å². The first-order chi connectivity index (χ1) is 7.89. The third kappa shape index (κ3) is 7.36. The largest absolute Gasteiger partial charge is 0.380 e. The van der Waals surface area contributed by atoms with E-state index >= 15 is 0 Å². The number of rotatable bonds is 9. The minimum Gasteiger partial charge on any atom is -0.380 e. The Morgan fingerprint density at radius 3 is 2.24 bits per heavy atom. The van der Waals surface area contributed by atoms with Gasteiger partial charge in [-0.3, -0.25) is 0 Å². The molecular formula is C14H28N2O. The van der Waals surface area contributed by atoms with Crippen LogP contribution in [0, 0.1) is 16.7 Å². The van der Waals surface area contributed by atoms with Crippen molar-refractivity contribution in [3.63, 3.8) is 0 Å². The molecule has 0 radical (unpaired) electrons. The zero-order valence-corrected chi connectivity index (χ0v) is 11.9. The Balaban J connectivity index is 3.58. The van der Waals surface area contributed by atoms with E-state index in [2.05, 4.69) is 19.9 Å². The molecule has 2 N–H and O–H groups in total. The van der Waals surface area contributed by atoms with E-state index in [1.54, 1.807) is 0 Å². The molecule has 0 unspecified atom stereocenters. The van der Waals surface area contributed by atoms with Gasteiger partial charge in [0.25, 0.3) is 0 Å². The van der Waals surface area contributed by atoms with E-state index in [4.69, 9.17) is 15.7 Å². The van der Waals surface area contributed by atoms with Gasteiger partial charge in [0.15, 0.2) is 0 Å². The second-order valence-electron chi connectivity index (χ2n) is 5.57. The molecule has 0 aromatic rings. The first kappa shape index (κ1) is 16.4. The van der Waals surface area contributed by atoms with Gasteiger partial charge in [-0.1, -0.05) is 13.8 Å². The van der Waals surface area contributed by atoms with Crippen LogP contribution in [0.5, 0.6) is 0 Å². The third-order valence-electron chi connectivity index (χ3n) is 3.44. The molecule has 0 heterocycles. The van der Waals surface area contributed by atoms with Crippen molar-refractivity contribution in [2.24, 2.45) is 11.1 Å². The van der Waals surface area contributed by atoms with Crippen LogP contribution in [0.25, 0.3) is 0 Å². The Morgan fingerprint density at radius 1 is 1.18 bits per heavy atom. The SMILES string of the molecule is CCC(N)(CC)COCCCCC(C)(C)C#N. The number of hydrogen-bond donors (Lipinski definition) is 1. The molecule has 100 valence electrons. The average Bonchev–Trinajstić information content (AvgIpc) is 2.33. The van der Waals surface area contributed by atoms with Crippen molar-refractivity contribution in [1.82, 2.24) is 0 Å². The van der Waals surface area contributed by atoms with Crippen LogP contribution < -0.4 is 5.73 Å². The van der Waals surface area contributed by atoms with Crippen LogP contribution >= 0.6 is 0 Å². The lowest BCUT2D eigenvalue weighted by molar-refractivity contribution is 0.0774. The number of nitriles is 1. The minimum atomic E-state index is -0.204. The molecule has 0 aliphatic rings. The number of hydrogen-bond acceptors (Lipinski definition) is 3. The molecule has 0 fully saturated rings. The second-order valence-corrected chi connectivity index (χ2v) is 5.57. The Labute approximate surface area is 106 Å². The Bertz CT molecular complexity index is 239. The summed E-state index contributed by atoms with van der Waals surface area (Å²) in [6, 6.07) is 2.31. The van der Waals surface area contributed by atoms with Gasteiger partial charge in [0.1, 0.15) is 0 Å². The lowest BCUT2D eigenvalue weighted by Gasteiger charge is -2.26. The van der Waals surface area contributed by atoms with Crippen molar-refractivity contribution in [1.29, 1.82) is 5.26 Å². The van der Waals surface area contributed by atoms with E-state index in [0.717, 1.165) is 38.7 Å². The average molecular weight is 240 g/mol. The third-order valence-corrected chi connectivity index (χ3v) is 3.44. The van der Waals surface area contributed by atoms with Gasteiger partial charge in [0, 0.05) is 12.1 Å². The number of ether oxygens (including phenoxy) is 1. The molecule has 0 rings (SSSR count). The monoisotopic (exact) mass is 240 g/mol. The molecule has 0 aliphatic carbocycles. The van der Waals surface area contributed by atoms with Crippen molar-refractivity contribution < 1.29 is 4.74 Å². The smallest absolute Gasteiger partial charge is 0.0683 e. The zero-order chi connectivity index (χ0) is 13.4. The van der Waals surface area contributed by atoms with Crippen molar-refractivity contribution in [3.8, 4) is 6.07 Å². The summed E-state index contributed by atoms with van der Waals surface area (Å²) < 4.78 is 5.62. The van der Waals surface area contributed by atoms with Gasteiger partial charge in [-0.15, -0.1) is 0 Å². The molecule has 0 amide bonds. The molecule has 0 saturated carbocycles. The summed E-state index contributed by atoms with van der Waals surface area (Å²) in [6.45, 7) is 9.55. The molecule has 3 nitrogen and oxygen atoms in total. The topological polar surface area (TPSA) is 59.0 Å². The fourth-order valence-electron chi connectivity index (χ4n) is 1.56. The van der Waals surface area contributed by atoms with Gasteiger partial charge in [0.05, 0.1) is 18.1 Å². The standard InChI is InChI=1S/C14H28N2O/c1-5-14(16,6-2)12-17-10-8-7-9-13(3,4)11-15/h5-10,12,16H2,1-4H3. The molecule has 0 spiro atoms. The lowest BCUT2D eigenvalue weighted by Crippen LogP contribution is -2.43. The predicted octanol–water partition coefficient (Wildman–Crippen LogP) is 3.24. The highest BCUT2D eigenvalue weighted by Crippen LogP contribution is 2.21. The fraction of sp³-hybridized carbons (Fsp3) is 0.929. The highest BCUT2D eigenvalue weighted by molar-refractivity contribution is 4.91. The molecule has 0 saturated heterocycles. The Hall–Kier alpha value is -0.590. The van der Waals surface area contributed by atoms with Crippen LogP contribution in [-0.4, -0.2) is 18.8 Å². The van der Waals surface area contributed by atoms with E-state index in [1.165, 1.54) is 0 Å².